The predicted octanol–water partition coefficient (Wildman–Crippen LogP) is 4.38. The molecule has 1 aromatic heterocycles. The molecule has 0 atom stereocenters. The molecule has 0 spiro atoms. The summed E-state index contributed by atoms with van der Waals surface area (Å²) in [7, 11) is -3.72. The molecule has 1 aliphatic heterocycles. The molecule has 0 aliphatic carbocycles. The number of piperazine rings is 1. The maximum atomic E-state index is 12.7. The molecule has 200 valence electrons. The van der Waals surface area contributed by atoms with Crippen LogP contribution in [0.1, 0.15) is 15.9 Å². The molecule has 38 heavy (non-hydrogen) atoms. The van der Waals surface area contributed by atoms with Crippen molar-refractivity contribution in [3.8, 4) is 0 Å². The molecule has 3 aromatic carbocycles. The number of hydrogen-bond donors (Lipinski definition) is 2. The van der Waals surface area contributed by atoms with Crippen LogP contribution in [0.25, 0.3) is 10.2 Å². The summed E-state index contributed by atoms with van der Waals surface area (Å²) < 4.78 is 28.9. The lowest BCUT2D eigenvalue weighted by atomic mass is 10.2. The Hall–Kier alpha value is -3.18. The molecule has 11 heteroatoms. The van der Waals surface area contributed by atoms with Crippen molar-refractivity contribution in [1.29, 1.82) is 0 Å². The van der Waals surface area contributed by atoms with Gasteiger partial charge in [0.25, 0.3) is 15.9 Å². The number of carbonyl (C=O) groups is 1. The van der Waals surface area contributed by atoms with Crippen LogP contribution in [-0.4, -0.2) is 63.5 Å². The van der Waals surface area contributed by atoms with Gasteiger partial charge in [-0.15, -0.1) is 12.4 Å². The smallest absolute Gasteiger partial charge is 0.261 e. The minimum absolute atomic E-state index is 0. The van der Waals surface area contributed by atoms with Gasteiger partial charge in [0.15, 0.2) is 5.13 Å². The summed E-state index contributed by atoms with van der Waals surface area (Å²) in [5.41, 5.74) is 3.05. The number of aryl methyl sites for hydroxylation is 1. The number of benzene rings is 3. The first-order valence-corrected chi connectivity index (χ1v) is 14.5. The first-order chi connectivity index (χ1) is 17.9. The standard InChI is InChI=1S/C27H29N5O3S2.ClH/c1-20-10-11-24-25(18-20)36-27(29-24)32-16-14-31(15-17-32)13-12-28-26(33)21-6-5-7-22(19-21)30-37(34,35)23-8-3-2-4-9-23;/h2-11,18-19,30H,12-17H2,1H3,(H,28,33);1H. The first-order valence-electron chi connectivity index (χ1n) is 12.2. The summed E-state index contributed by atoms with van der Waals surface area (Å²) in [5, 5.41) is 4.02. The fraction of sp³-hybridized carbons (Fsp3) is 0.259. The average molecular weight is 572 g/mol. The molecule has 0 bridgehead atoms. The SMILES string of the molecule is Cc1ccc2nc(N3CCN(CCNC(=O)c4cccc(NS(=O)(=O)c5ccccc5)c4)CC3)sc2c1.Cl. The third kappa shape index (κ3) is 6.63. The number of sulfonamides is 1. The maximum Gasteiger partial charge on any atom is 0.261 e. The van der Waals surface area contributed by atoms with E-state index in [2.05, 4.69) is 45.0 Å². The third-order valence-electron chi connectivity index (χ3n) is 6.32. The van der Waals surface area contributed by atoms with E-state index >= 15 is 0 Å². The molecule has 1 aliphatic rings. The molecule has 2 N–H and O–H groups in total. The zero-order chi connectivity index (χ0) is 25.8. The van der Waals surface area contributed by atoms with Gasteiger partial charge in [-0.05, 0) is 55.0 Å². The van der Waals surface area contributed by atoms with Crippen LogP contribution in [0.2, 0.25) is 0 Å². The van der Waals surface area contributed by atoms with E-state index in [0.29, 0.717) is 17.8 Å². The highest BCUT2D eigenvalue weighted by molar-refractivity contribution is 7.92. The summed E-state index contributed by atoms with van der Waals surface area (Å²) in [6.07, 6.45) is 0. The maximum absolute atomic E-state index is 12.7. The van der Waals surface area contributed by atoms with Crippen LogP contribution in [0.4, 0.5) is 10.8 Å². The molecule has 1 amide bonds. The lowest BCUT2D eigenvalue weighted by molar-refractivity contribution is 0.0948. The Morgan fingerprint density at radius 3 is 2.50 bits per heavy atom. The molecular weight excluding hydrogens is 542 g/mol. The van der Waals surface area contributed by atoms with Gasteiger partial charge in [-0.2, -0.15) is 0 Å². The Bertz CT molecular complexity index is 1500. The zero-order valence-corrected chi connectivity index (χ0v) is 23.4. The number of anilines is 2. The van der Waals surface area contributed by atoms with Crippen molar-refractivity contribution < 1.29 is 13.2 Å². The summed E-state index contributed by atoms with van der Waals surface area (Å²) in [6.45, 7) is 6.97. The van der Waals surface area contributed by atoms with E-state index in [1.807, 2.05) is 0 Å². The van der Waals surface area contributed by atoms with E-state index in [-0.39, 0.29) is 23.2 Å². The van der Waals surface area contributed by atoms with Crippen molar-refractivity contribution >= 4 is 60.7 Å². The van der Waals surface area contributed by atoms with Crippen LogP contribution >= 0.6 is 23.7 Å². The highest BCUT2D eigenvalue weighted by Gasteiger charge is 2.20. The number of aromatic nitrogens is 1. The second kappa shape index (κ2) is 12.1. The Morgan fingerprint density at radius 1 is 0.974 bits per heavy atom. The lowest BCUT2D eigenvalue weighted by Crippen LogP contribution is -2.48. The van der Waals surface area contributed by atoms with Crippen LogP contribution in [0.5, 0.6) is 0 Å². The summed E-state index contributed by atoms with van der Waals surface area (Å²) in [5.74, 6) is -0.232. The first kappa shape index (κ1) is 27.8. The monoisotopic (exact) mass is 571 g/mol. The van der Waals surface area contributed by atoms with Crippen molar-refractivity contribution in [3.63, 3.8) is 0 Å². The number of fused-ring (bicyclic) bond motifs is 1. The van der Waals surface area contributed by atoms with E-state index < -0.39 is 10.0 Å². The van der Waals surface area contributed by atoms with Crippen molar-refractivity contribution in [2.24, 2.45) is 0 Å². The van der Waals surface area contributed by atoms with E-state index in [9.17, 15) is 13.2 Å². The van der Waals surface area contributed by atoms with Gasteiger partial charge in [-0.25, -0.2) is 13.4 Å². The second-order valence-electron chi connectivity index (χ2n) is 9.05. The van der Waals surface area contributed by atoms with Gasteiger partial charge in [0.05, 0.1) is 15.1 Å². The van der Waals surface area contributed by atoms with Gasteiger partial charge in [-0.3, -0.25) is 14.4 Å². The van der Waals surface area contributed by atoms with Crippen LogP contribution in [0.15, 0.2) is 77.7 Å². The Morgan fingerprint density at radius 2 is 1.74 bits per heavy atom. The topological polar surface area (TPSA) is 94.6 Å². The number of nitrogens with zero attached hydrogens (tertiary/aromatic N) is 3. The van der Waals surface area contributed by atoms with Gasteiger partial charge in [0, 0.05) is 50.5 Å². The number of thiazole rings is 1. The summed E-state index contributed by atoms with van der Waals surface area (Å²) in [6, 6.07) is 21.0. The number of nitrogens with one attached hydrogen (secondary N) is 2. The number of amides is 1. The highest BCUT2D eigenvalue weighted by atomic mass is 35.5. The molecule has 0 unspecified atom stereocenters. The van der Waals surface area contributed by atoms with Gasteiger partial charge in [-0.1, -0.05) is 41.7 Å². The van der Waals surface area contributed by atoms with E-state index in [0.717, 1.165) is 43.4 Å². The Kier molecular flexibility index (Phi) is 8.88. The molecule has 5 rings (SSSR count). The number of carbonyl (C=O) groups excluding carboxylic acids is 1. The van der Waals surface area contributed by atoms with Crippen LogP contribution in [0, 0.1) is 6.92 Å². The van der Waals surface area contributed by atoms with Gasteiger partial charge in [0.2, 0.25) is 0 Å². The van der Waals surface area contributed by atoms with Crippen LogP contribution in [-0.2, 0) is 10.0 Å². The molecule has 1 fully saturated rings. The van der Waals surface area contributed by atoms with Crippen molar-refractivity contribution in [2.45, 2.75) is 11.8 Å². The third-order valence-corrected chi connectivity index (χ3v) is 8.80. The van der Waals surface area contributed by atoms with Crippen LogP contribution < -0.4 is 14.9 Å². The molecule has 2 heterocycles. The quantitative estimate of drug-likeness (QED) is 0.326. The summed E-state index contributed by atoms with van der Waals surface area (Å²) >= 11 is 1.74. The molecular formula is C27H30ClN5O3S2. The highest BCUT2D eigenvalue weighted by Crippen LogP contribution is 2.30. The second-order valence-corrected chi connectivity index (χ2v) is 11.7. The van der Waals surface area contributed by atoms with Crippen molar-refractivity contribution in [1.82, 2.24) is 15.2 Å². The molecule has 0 radical (unpaired) electrons. The van der Waals surface area contributed by atoms with Crippen LogP contribution in [0.3, 0.4) is 0 Å². The molecule has 4 aromatic rings. The Labute approximate surface area is 233 Å². The largest absolute Gasteiger partial charge is 0.351 e. The van der Waals surface area contributed by atoms with Gasteiger partial charge in [0.1, 0.15) is 0 Å². The normalized spacial score (nSPS) is 14.2. The van der Waals surface area contributed by atoms with E-state index in [4.69, 9.17) is 4.98 Å². The van der Waals surface area contributed by atoms with E-state index in [1.165, 1.54) is 22.4 Å². The number of hydrogen-bond acceptors (Lipinski definition) is 7. The fourth-order valence-corrected chi connectivity index (χ4v) is 6.47. The summed E-state index contributed by atoms with van der Waals surface area (Å²) in [4.78, 5) is 22.3. The molecule has 0 saturated carbocycles. The molecule has 8 nitrogen and oxygen atoms in total. The zero-order valence-electron chi connectivity index (χ0n) is 21.0. The predicted molar refractivity (Wildman–Crippen MR) is 156 cm³/mol. The minimum Gasteiger partial charge on any atom is -0.351 e. The van der Waals surface area contributed by atoms with Gasteiger partial charge < -0.3 is 10.2 Å². The average Bonchev–Trinajstić information content (AvgIpc) is 3.33. The van der Waals surface area contributed by atoms with Gasteiger partial charge >= 0.3 is 0 Å². The number of rotatable bonds is 8. The lowest BCUT2D eigenvalue weighted by Gasteiger charge is -2.34. The Balaban J connectivity index is 0.00000336. The molecule has 1 saturated heterocycles. The van der Waals surface area contributed by atoms with E-state index in [1.54, 1.807) is 53.8 Å². The van der Waals surface area contributed by atoms with Crippen molar-refractivity contribution in [3.05, 3.63) is 83.9 Å². The fourth-order valence-electron chi connectivity index (χ4n) is 4.28. The minimum atomic E-state index is -3.72. The van der Waals surface area contributed by atoms with Crippen molar-refractivity contribution in [2.75, 3.05) is 48.9 Å². The number of halogens is 1.